The van der Waals surface area contributed by atoms with Crippen LogP contribution in [0.1, 0.15) is 18.5 Å². The van der Waals surface area contributed by atoms with Gasteiger partial charge in [-0.1, -0.05) is 15.9 Å². The molecule has 0 atom stereocenters. The van der Waals surface area contributed by atoms with Crippen LogP contribution in [-0.2, 0) is 6.54 Å². The number of hydrogen-bond donors (Lipinski definition) is 1. The third-order valence-corrected chi connectivity index (χ3v) is 3.44. The van der Waals surface area contributed by atoms with Gasteiger partial charge >= 0.3 is 0 Å². The van der Waals surface area contributed by atoms with E-state index >= 15 is 0 Å². The Hall–Kier alpha value is -1.33. The minimum Gasteiger partial charge on any atom is -0.308 e. The molecule has 0 aliphatic heterocycles. The lowest BCUT2D eigenvalue weighted by Gasteiger charge is -2.05. The topological polar surface area (TPSA) is 37.8 Å². The monoisotopic (exact) mass is 321 g/mol. The normalized spacial score (nSPS) is 14.6. The Morgan fingerprint density at radius 1 is 1.32 bits per heavy atom. The molecule has 1 aliphatic rings. The summed E-state index contributed by atoms with van der Waals surface area (Å²) in [5, 5.41) is 3.40. The summed E-state index contributed by atoms with van der Waals surface area (Å²) in [6.45, 7) is 0.733. The zero-order chi connectivity index (χ0) is 13.2. The van der Waals surface area contributed by atoms with Crippen LogP contribution < -0.4 is 5.32 Å². The van der Waals surface area contributed by atoms with E-state index < -0.39 is 0 Å². The molecule has 3 rings (SSSR count). The van der Waals surface area contributed by atoms with Crippen LogP contribution in [0.4, 0.5) is 4.39 Å². The van der Waals surface area contributed by atoms with Gasteiger partial charge in [0.1, 0.15) is 5.82 Å². The molecule has 1 aromatic carbocycles. The van der Waals surface area contributed by atoms with Crippen molar-refractivity contribution in [3.63, 3.8) is 0 Å². The molecule has 0 bridgehead atoms. The van der Waals surface area contributed by atoms with Gasteiger partial charge in [0, 0.05) is 28.8 Å². The summed E-state index contributed by atoms with van der Waals surface area (Å²) in [7, 11) is 0. The first-order valence-electron chi connectivity index (χ1n) is 6.22. The zero-order valence-corrected chi connectivity index (χ0v) is 11.8. The molecule has 0 unspecified atom stereocenters. The fourth-order valence-corrected chi connectivity index (χ4v) is 2.32. The molecule has 0 saturated heterocycles. The minimum atomic E-state index is -0.297. The first kappa shape index (κ1) is 12.7. The Morgan fingerprint density at radius 2 is 2.16 bits per heavy atom. The molecular formula is C14H13BrFN3. The van der Waals surface area contributed by atoms with Crippen molar-refractivity contribution in [3.8, 4) is 11.4 Å². The van der Waals surface area contributed by atoms with E-state index in [0.29, 0.717) is 21.9 Å². The van der Waals surface area contributed by atoms with Crippen molar-refractivity contribution in [2.45, 2.75) is 25.4 Å². The van der Waals surface area contributed by atoms with Crippen LogP contribution >= 0.6 is 15.9 Å². The number of nitrogens with zero attached hydrogens (tertiary/aromatic N) is 2. The number of nitrogens with one attached hydrogen (secondary N) is 1. The van der Waals surface area contributed by atoms with E-state index in [4.69, 9.17) is 0 Å². The van der Waals surface area contributed by atoms with Crippen molar-refractivity contribution in [3.05, 3.63) is 46.4 Å². The Labute approximate surface area is 119 Å². The molecule has 1 aromatic heterocycles. The fourth-order valence-electron chi connectivity index (χ4n) is 1.85. The molecule has 0 amide bonds. The summed E-state index contributed by atoms with van der Waals surface area (Å²) in [6.07, 6.45) is 4.20. The Bertz CT molecular complexity index is 579. The fraction of sp³-hybridized carbons (Fsp3) is 0.286. The van der Waals surface area contributed by atoms with Gasteiger partial charge in [0.25, 0.3) is 0 Å². The molecule has 0 radical (unpaired) electrons. The smallest absolute Gasteiger partial charge is 0.159 e. The van der Waals surface area contributed by atoms with Crippen LogP contribution in [0.5, 0.6) is 0 Å². The number of halogens is 2. The molecule has 3 nitrogen and oxygen atoms in total. The molecule has 1 fully saturated rings. The second kappa shape index (κ2) is 5.35. The third kappa shape index (κ3) is 3.36. The maximum atomic E-state index is 13.4. The van der Waals surface area contributed by atoms with Gasteiger partial charge < -0.3 is 5.32 Å². The van der Waals surface area contributed by atoms with E-state index in [0.717, 1.165) is 12.2 Å². The van der Waals surface area contributed by atoms with Crippen LogP contribution in [0.2, 0.25) is 0 Å². The summed E-state index contributed by atoms with van der Waals surface area (Å²) < 4.78 is 14.1. The minimum absolute atomic E-state index is 0.297. The summed E-state index contributed by atoms with van der Waals surface area (Å²) in [4.78, 5) is 8.67. The third-order valence-electron chi connectivity index (χ3n) is 2.98. The Balaban J connectivity index is 1.84. The predicted octanol–water partition coefficient (Wildman–Crippen LogP) is 3.30. The molecule has 0 spiro atoms. The molecular weight excluding hydrogens is 309 g/mol. The summed E-state index contributed by atoms with van der Waals surface area (Å²) in [5.41, 5.74) is 1.61. The molecule has 19 heavy (non-hydrogen) atoms. The predicted molar refractivity (Wildman–Crippen MR) is 75.0 cm³/mol. The zero-order valence-electron chi connectivity index (χ0n) is 10.2. The van der Waals surface area contributed by atoms with Crippen molar-refractivity contribution in [1.29, 1.82) is 0 Å². The van der Waals surface area contributed by atoms with Crippen molar-refractivity contribution >= 4 is 15.9 Å². The first-order chi connectivity index (χ1) is 9.20. The van der Waals surface area contributed by atoms with Gasteiger partial charge in [0.2, 0.25) is 0 Å². The maximum absolute atomic E-state index is 13.4. The van der Waals surface area contributed by atoms with E-state index in [1.165, 1.54) is 25.0 Å². The van der Waals surface area contributed by atoms with Gasteiger partial charge in [0.15, 0.2) is 5.82 Å². The van der Waals surface area contributed by atoms with Crippen molar-refractivity contribution in [2.24, 2.45) is 0 Å². The highest BCUT2D eigenvalue weighted by molar-refractivity contribution is 9.10. The highest BCUT2D eigenvalue weighted by Gasteiger charge is 2.20. The Morgan fingerprint density at radius 3 is 2.89 bits per heavy atom. The molecule has 98 valence electrons. The van der Waals surface area contributed by atoms with Crippen LogP contribution in [-0.4, -0.2) is 16.0 Å². The second-order valence-electron chi connectivity index (χ2n) is 4.68. The standard InChI is InChI=1S/C14H13BrFN3/c15-10-5-9(6-11(16)7-10)14-17-4-3-13(19-14)8-18-12-1-2-12/h3-7,12,18H,1-2,8H2. The van der Waals surface area contributed by atoms with Gasteiger partial charge in [0.05, 0.1) is 5.69 Å². The first-order valence-corrected chi connectivity index (χ1v) is 7.02. The van der Waals surface area contributed by atoms with Gasteiger partial charge in [-0.05, 0) is 37.1 Å². The SMILES string of the molecule is Fc1cc(Br)cc(-c2nccc(CNC3CC3)n2)c1. The Kier molecular flexibility index (Phi) is 3.57. The van der Waals surface area contributed by atoms with Crippen molar-refractivity contribution < 1.29 is 4.39 Å². The van der Waals surface area contributed by atoms with Gasteiger partial charge in [-0.15, -0.1) is 0 Å². The average Bonchev–Trinajstić information content (AvgIpc) is 3.20. The number of aromatic nitrogens is 2. The van der Waals surface area contributed by atoms with Crippen LogP contribution in [0.3, 0.4) is 0 Å². The van der Waals surface area contributed by atoms with E-state index in [-0.39, 0.29) is 5.82 Å². The highest BCUT2D eigenvalue weighted by Crippen LogP contribution is 2.22. The maximum Gasteiger partial charge on any atom is 0.159 e. The van der Waals surface area contributed by atoms with Gasteiger partial charge in [-0.25, -0.2) is 14.4 Å². The molecule has 1 aliphatic carbocycles. The molecule has 1 heterocycles. The van der Waals surface area contributed by atoms with E-state index in [1.54, 1.807) is 6.20 Å². The lowest BCUT2D eigenvalue weighted by Crippen LogP contribution is -2.16. The largest absolute Gasteiger partial charge is 0.308 e. The van der Waals surface area contributed by atoms with Crippen LogP contribution in [0, 0.1) is 5.82 Å². The van der Waals surface area contributed by atoms with Crippen LogP contribution in [0.15, 0.2) is 34.9 Å². The molecule has 1 saturated carbocycles. The lowest BCUT2D eigenvalue weighted by atomic mass is 10.2. The van der Waals surface area contributed by atoms with Gasteiger partial charge in [-0.3, -0.25) is 0 Å². The number of benzene rings is 1. The number of rotatable bonds is 4. The quantitative estimate of drug-likeness (QED) is 0.939. The van der Waals surface area contributed by atoms with Crippen molar-refractivity contribution in [2.75, 3.05) is 0 Å². The summed E-state index contributed by atoms with van der Waals surface area (Å²) in [5.74, 6) is 0.254. The van der Waals surface area contributed by atoms with Crippen LogP contribution in [0.25, 0.3) is 11.4 Å². The molecule has 2 aromatic rings. The number of hydrogen-bond acceptors (Lipinski definition) is 3. The lowest BCUT2D eigenvalue weighted by molar-refractivity contribution is 0.627. The molecule has 5 heteroatoms. The van der Waals surface area contributed by atoms with Crippen molar-refractivity contribution in [1.82, 2.24) is 15.3 Å². The second-order valence-corrected chi connectivity index (χ2v) is 5.60. The summed E-state index contributed by atoms with van der Waals surface area (Å²) >= 11 is 3.28. The molecule has 1 N–H and O–H groups in total. The highest BCUT2D eigenvalue weighted by atomic mass is 79.9. The van der Waals surface area contributed by atoms with E-state index in [1.807, 2.05) is 12.1 Å². The van der Waals surface area contributed by atoms with E-state index in [2.05, 4.69) is 31.2 Å². The summed E-state index contributed by atoms with van der Waals surface area (Å²) in [6, 6.07) is 7.20. The van der Waals surface area contributed by atoms with E-state index in [9.17, 15) is 4.39 Å². The average molecular weight is 322 g/mol. The van der Waals surface area contributed by atoms with Gasteiger partial charge in [-0.2, -0.15) is 0 Å².